The minimum Gasteiger partial charge on any atom is -0.507 e. The number of carbonyl (C=O) groups excluding carboxylic acids is 2. The number of ketones is 1. The van der Waals surface area contributed by atoms with Crippen LogP contribution in [0.25, 0.3) is 16.0 Å². The van der Waals surface area contributed by atoms with Crippen molar-refractivity contribution in [1.82, 2.24) is 4.98 Å². The minimum absolute atomic E-state index is 0.00154. The third-order valence-corrected chi connectivity index (χ3v) is 7.51. The van der Waals surface area contributed by atoms with E-state index in [0.717, 1.165) is 28.6 Å². The van der Waals surface area contributed by atoms with Crippen LogP contribution >= 0.6 is 11.3 Å². The highest BCUT2D eigenvalue weighted by molar-refractivity contribution is 7.22. The van der Waals surface area contributed by atoms with Crippen molar-refractivity contribution in [3.8, 4) is 11.5 Å². The molecule has 0 spiro atoms. The van der Waals surface area contributed by atoms with Gasteiger partial charge in [-0.05, 0) is 48.7 Å². The Morgan fingerprint density at radius 1 is 1.05 bits per heavy atom. The van der Waals surface area contributed by atoms with Crippen molar-refractivity contribution in [3.05, 3.63) is 89.0 Å². The van der Waals surface area contributed by atoms with Gasteiger partial charge in [-0.25, -0.2) is 4.98 Å². The van der Waals surface area contributed by atoms with Gasteiger partial charge in [-0.15, -0.1) is 0 Å². The van der Waals surface area contributed by atoms with Gasteiger partial charge < -0.3 is 14.6 Å². The van der Waals surface area contributed by atoms with E-state index in [1.54, 1.807) is 49.6 Å². The predicted molar refractivity (Wildman–Crippen MR) is 149 cm³/mol. The number of rotatable bonds is 8. The molecule has 1 fully saturated rings. The molecule has 0 bridgehead atoms. The summed E-state index contributed by atoms with van der Waals surface area (Å²) in [5, 5.41) is 11.7. The number of amides is 1. The number of Topliss-reactive ketones (excluding diaryl/α,β-unsaturated/α-hetero) is 1. The summed E-state index contributed by atoms with van der Waals surface area (Å²) in [4.78, 5) is 33.0. The normalized spacial score (nSPS) is 16.8. The van der Waals surface area contributed by atoms with Crippen LogP contribution in [0.5, 0.6) is 11.5 Å². The summed E-state index contributed by atoms with van der Waals surface area (Å²) < 4.78 is 12.4. The molecule has 1 aromatic heterocycles. The third kappa shape index (κ3) is 4.63. The maximum absolute atomic E-state index is 13.5. The Balaban J connectivity index is 1.68. The first-order chi connectivity index (χ1) is 18.4. The van der Waals surface area contributed by atoms with Crippen LogP contribution in [-0.4, -0.2) is 35.5 Å². The van der Waals surface area contributed by atoms with Gasteiger partial charge in [0, 0.05) is 5.56 Å². The second kappa shape index (κ2) is 10.7. The van der Waals surface area contributed by atoms with Crippen molar-refractivity contribution in [1.29, 1.82) is 0 Å². The number of carbonyl (C=O) groups is 2. The van der Waals surface area contributed by atoms with Crippen molar-refractivity contribution in [2.24, 2.45) is 0 Å². The molecule has 4 aromatic rings. The number of thiazole rings is 1. The largest absolute Gasteiger partial charge is 0.507 e. The number of unbranched alkanes of at least 4 members (excludes halogenated alkanes) is 1. The highest BCUT2D eigenvalue weighted by Crippen LogP contribution is 2.45. The topological polar surface area (TPSA) is 89.0 Å². The molecule has 0 radical (unpaired) electrons. The molecule has 8 heteroatoms. The summed E-state index contributed by atoms with van der Waals surface area (Å²) >= 11 is 1.33. The molecule has 7 nitrogen and oxygen atoms in total. The van der Waals surface area contributed by atoms with E-state index in [1.165, 1.54) is 16.2 Å². The molecule has 1 aliphatic heterocycles. The molecule has 38 heavy (non-hydrogen) atoms. The molecule has 1 amide bonds. The number of nitrogens with zero attached hydrogens (tertiary/aromatic N) is 2. The van der Waals surface area contributed by atoms with E-state index in [2.05, 4.69) is 11.9 Å². The van der Waals surface area contributed by atoms with Gasteiger partial charge in [0.1, 0.15) is 5.76 Å². The fourth-order valence-electron chi connectivity index (χ4n) is 4.52. The number of benzene rings is 3. The van der Waals surface area contributed by atoms with Gasteiger partial charge >= 0.3 is 5.91 Å². The zero-order valence-electron chi connectivity index (χ0n) is 21.4. The second-order valence-electron chi connectivity index (χ2n) is 9.12. The number of ether oxygens (including phenoxy) is 2. The lowest BCUT2D eigenvalue weighted by Gasteiger charge is -2.24. The Morgan fingerprint density at radius 3 is 2.58 bits per heavy atom. The van der Waals surface area contributed by atoms with E-state index >= 15 is 0 Å². The molecule has 1 N–H and O–H groups in total. The monoisotopic (exact) mass is 528 g/mol. The molecule has 1 saturated heterocycles. The highest BCUT2D eigenvalue weighted by atomic mass is 32.1. The highest BCUT2D eigenvalue weighted by Gasteiger charge is 2.48. The van der Waals surface area contributed by atoms with Gasteiger partial charge in [0.15, 0.2) is 16.6 Å². The van der Waals surface area contributed by atoms with E-state index in [1.807, 2.05) is 31.2 Å². The molecule has 1 unspecified atom stereocenters. The van der Waals surface area contributed by atoms with Gasteiger partial charge in [-0.2, -0.15) is 0 Å². The van der Waals surface area contributed by atoms with Crippen LogP contribution in [0.3, 0.4) is 0 Å². The number of fused-ring (bicyclic) bond motifs is 1. The van der Waals surface area contributed by atoms with Gasteiger partial charge in [-0.1, -0.05) is 67.1 Å². The summed E-state index contributed by atoms with van der Waals surface area (Å²) in [7, 11) is 1.54. The van der Waals surface area contributed by atoms with Crippen molar-refractivity contribution >= 4 is 44.1 Å². The Bertz CT molecular complexity index is 1540. The smallest absolute Gasteiger partial charge is 0.301 e. The van der Waals surface area contributed by atoms with Crippen LogP contribution in [0.4, 0.5) is 5.13 Å². The first-order valence-corrected chi connectivity index (χ1v) is 13.3. The number of aromatic nitrogens is 1. The molecule has 3 aromatic carbocycles. The van der Waals surface area contributed by atoms with Gasteiger partial charge in [0.25, 0.3) is 5.78 Å². The second-order valence-corrected chi connectivity index (χ2v) is 10.1. The van der Waals surface area contributed by atoms with Crippen molar-refractivity contribution in [2.75, 3.05) is 18.6 Å². The lowest BCUT2D eigenvalue weighted by molar-refractivity contribution is -0.132. The van der Waals surface area contributed by atoms with E-state index < -0.39 is 17.7 Å². The van der Waals surface area contributed by atoms with Crippen molar-refractivity contribution in [3.63, 3.8) is 0 Å². The summed E-state index contributed by atoms with van der Waals surface area (Å²) in [6.07, 6.45) is 1.90. The first kappa shape index (κ1) is 25.5. The SMILES string of the molecule is CCCCOc1ccc(C2/C(=C(\O)c3ccccc3)C(=O)C(=O)N2c2nc3ccc(C)cc3s2)cc1OC. The molecule has 1 aliphatic rings. The lowest BCUT2D eigenvalue weighted by Crippen LogP contribution is -2.29. The average Bonchev–Trinajstić information content (AvgIpc) is 3.46. The number of aliphatic hydroxyl groups is 1. The zero-order chi connectivity index (χ0) is 26.8. The van der Waals surface area contributed by atoms with E-state index in [4.69, 9.17) is 9.47 Å². The fraction of sp³-hybridized carbons (Fsp3) is 0.233. The summed E-state index contributed by atoms with van der Waals surface area (Å²) in [6.45, 7) is 4.62. The molecule has 0 aliphatic carbocycles. The third-order valence-electron chi connectivity index (χ3n) is 6.49. The Morgan fingerprint density at radius 2 is 1.84 bits per heavy atom. The number of hydrogen-bond acceptors (Lipinski definition) is 7. The van der Waals surface area contributed by atoms with E-state index in [0.29, 0.717) is 34.4 Å². The quantitative estimate of drug-likeness (QED) is 0.123. The van der Waals surface area contributed by atoms with E-state index in [9.17, 15) is 14.7 Å². The van der Waals surface area contributed by atoms with E-state index in [-0.39, 0.29) is 11.3 Å². The summed E-state index contributed by atoms with van der Waals surface area (Å²) in [5.74, 6) is -0.709. The van der Waals surface area contributed by atoms with Gasteiger partial charge in [-0.3, -0.25) is 14.5 Å². The van der Waals surface area contributed by atoms with Crippen LogP contribution in [-0.2, 0) is 9.59 Å². The number of methoxy groups -OCH3 is 1. The van der Waals surface area contributed by atoms with Crippen LogP contribution in [0.2, 0.25) is 0 Å². The standard InChI is InChI=1S/C30H28N2O5S/c1-4-5-15-37-22-14-12-20(17-23(22)36-3)26-25(27(33)19-9-7-6-8-10-19)28(34)29(35)32(26)30-31-21-13-11-18(2)16-24(21)38-30/h6-14,16-17,26,33H,4-5,15H2,1-3H3/b27-25+. The Hall–Kier alpha value is -4.17. The van der Waals surface area contributed by atoms with Crippen LogP contribution in [0.15, 0.2) is 72.3 Å². The molecular weight excluding hydrogens is 500 g/mol. The van der Waals surface area contributed by atoms with Crippen LogP contribution < -0.4 is 14.4 Å². The van der Waals surface area contributed by atoms with Gasteiger partial charge in [0.2, 0.25) is 0 Å². The summed E-state index contributed by atoms with van der Waals surface area (Å²) in [5.41, 5.74) is 2.84. The number of aliphatic hydroxyl groups excluding tert-OH is 1. The molecule has 5 rings (SSSR count). The maximum Gasteiger partial charge on any atom is 0.301 e. The fourth-order valence-corrected chi connectivity index (χ4v) is 5.61. The molecule has 2 heterocycles. The Kier molecular flexibility index (Phi) is 7.15. The molecular formula is C30H28N2O5S. The number of anilines is 1. The van der Waals surface area contributed by atoms with Crippen molar-refractivity contribution in [2.45, 2.75) is 32.7 Å². The number of hydrogen-bond donors (Lipinski definition) is 1. The predicted octanol–water partition coefficient (Wildman–Crippen LogP) is 6.42. The Labute approximate surface area is 225 Å². The molecule has 194 valence electrons. The van der Waals surface area contributed by atoms with Crippen LogP contribution in [0.1, 0.15) is 42.5 Å². The first-order valence-electron chi connectivity index (χ1n) is 12.5. The summed E-state index contributed by atoms with van der Waals surface area (Å²) in [6, 6.07) is 19.0. The number of aryl methyl sites for hydroxylation is 1. The van der Waals surface area contributed by atoms with Gasteiger partial charge in [0.05, 0.1) is 35.5 Å². The molecule has 0 saturated carbocycles. The van der Waals surface area contributed by atoms with Crippen molar-refractivity contribution < 1.29 is 24.2 Å². The lowest BCUT2D eigenvalue weighted by atomic mass is 9.95. The molecule has 1 atom stereocenters. The zero-order valence-corrected chi connectivity index (χ0v) is 22.2. The van der Waals surface area contributed by atoms with Crippen LogP contribution in [0, 0.1) is 6.92 Å². The average molecular weight is 529 g/mol. The maximum atomic E-state index is 13.5. The minimum atomic E-state index is -0.907.